The molecular formula is C14H18N4O. The van der Waals surface area contributed by atoms with Gasteiger partial charge in [0, 0.05) is 18.0 Å². The molecule has 2 aromatic rings. The van der Waals surface area contributed by atoms with Crippen LogP contribution in [0.3, 0.4) is 0 Å². The Hall–Kier alpha value is -1.88. The minimum Gasteiger partial charge on any atom is -0.497 e. The first-order valence-corrected chi connectivity index (χ1v) is 6.54. The van der Waals surface area contributed by atoms with Gasteiger partial charge >= 0.3 is 0 Å². The predicted octanol–water partition coefficient (Wildman–Crippen LogP) is 1.79. The van der Waals surface area contributed by atoms with Gasteiger partial charge in [0.15, 0.2) is 5.82 Å². The van der Waals surface area contributed by atoms with Crippen molar-refractivity contribution in [2.24, 2.45) is 5.73 Å². The van der Waals surface area contributed by atoms with E-state index in [1.165, 1.54) is 0 Å². The van der Waals surface area contributed by atoms with Gasteiger partial charge in [0.25, 0.3) is 0 Å². The zero-order chi connectivity index (χ0) is 13.4. The fourth-order valence-electron chi connectivity index (χ4n) is 2.43. The van der Waals surface area contributed by atoms with Gasteiger partial charge in [0.05, 0.1) is 13.2 Å². The molecule has 2 atom stereocenters. The van der Waals surface area contributed by atoms with Crippen LogP contribution in [0.15, 0.2) is 24.3 Å². The number of methoxy groups -OCH3 is 1. The third-order valence-corrected chi connectivity index (χ3v) is 3.76. The summed E-state index contributed by atoms with van der Waals surface area (Å²) < 4.78 is 7.12. The van der Waals surface area contributed by atoms with Gasteiger partial charge in [-0.15, -0.1) is 0 Å². The molecule has 5 nitrogen and oxygen atoms in total. The highest BCUT2D eigenvalue weighted by atomic mass is 16.5. The average molecular weight is 258 g/mol. The molecule has 2 N–H and O–H groups in total. The number of aromatic nitrogens is 3. The molecule has 5 heteroatoms. The molecule has 2 unspecified atom stereocenters. The van der Waals surface area contributed by atoms with E-state index in [9.17, 15) is 0 Å². The summed E-state index contributed by atoms with van der Waals surface area (Å²) in [6.07, 6.45) is 1.87. The van der Waals surface area contributed by atoms with E-state index in [2.05, 4.69) is 17.0 Å². The van der Waals surface area contributed by atoms with Gasteiger partial charge in [0.2, 0.25) is 0 Å². The van der Waals surface area contributed by atoms with Crippen LogP contribution >= 0.6 is 0 Å². The first-order chi connectivity index (χ1) is 9.19. The van der Waals surface area contributed by atoms with Crippen LogP contribution in [0.4, 0.5) is 0 Å². The second kappa shape index (κ2) is 4.66. The van der Waals surface area contributed by atoms with Crippen LogP contribution in [0.1, 0.15) is 25.2 Å². The third kappa shape index (κ3) is 2.10. The Bertz CT molecular complexity index is 576. The van der Waals surface area contributed by atoms with Crippen LogP contribution in [-0.2, 0) is 6.42 Å². The van der Waals surface area contributed by atoms with Gasteiger partial charge < -0.3 is 10.5 Å². The van der Waals surface area contributed by atoms with Crippen LogP contribution in [-0.4, -0.2) is 27.9 Å². The molecule has 0 saturated carbocycles. The van der Waals surface area contributed by atoms with Crippen molar-refractivity contribution in [3.8, 4) is 17.1 Å². The van der Waals surface area contributed by atoms with E-state index >= 15 is 0 Å². The number of rotatable bonds is 2. The maximum Gasteiger partial charge on any atom is 0.181 e. The molecule has 1 aromatic carbocycles. The summed E-state index contributed by atoms with van der Waals surface area (Å²) in [4.78, 5) is 4.62. The number of ether oxygens (including phenoxy) is 1. The van der Waals surface area contributed by atoms with Crippen molar-refractivity contribution in [2.45, 2.75) is 31.8 Å². The van der Waals surface area contributed by atoms with Gasteiger partial charge in [-0.05, 0) is 37.6 Å². The monoisotopic (exact) mass is 258 g/mol. The van der Waals surface area contributed by atoms with Crippen molar-refractivity contribution < 1.29 is 4.74 Å². The quantitative estimate of drug-likeness (QED) is 0.891. The second-order valence-corrected chi connectivity index (χ2v) is 4.97. The summed E-state index contributed by atoms with van der Waals surface area (Å²) in [5.41, 5.74) is 7.08. The van der Waals surface area contributed by atoms with Crippen molar-refractivity contribution in [1.82, 2.24) is 14.8 Å². The number of hydrogen-bond acceptors (Lipinski definition) is 4. The number of nitrogens with zero attached hydrogens (tertiary/aromatic N) is 3. The van der Waals surface area contributed by atoms with E-state index in [4.69, 9.17) is 10.5 Å². The van der Waals surface area contributed by atoms with Gasteiger partial charge in [-0.25, -0.2) is 9.67 Å². The van der Waals surface area contributed by atoms with Gasteiger partial charge in [0.1, 0.15) is 11.6 Å². The fourth-order valence-corrected chi connectivity index (χ4v) is 2.43. The fraction of sp³-hybridized carbons (Fsp3) is 0.429. The Morgan fingerprint density at radius 1 is 1.32 bits per heavy atom. The Morgan fingerprint density at radius 3 is 2.74 bits per heavy atom. The summed E-state index contributed by atoms with van der Waals surface area (Å²) in [6, 6.07) is 8.17. The van der Waals surface area contributed by atoms with Crippen molar-refractivity contribution >= 4 is 0 Å². The van der Waals surface area contributed by atoms with E-state index in [0.29, 0.717) is 0 Å². The lowest BCUT2D eigenvalue weighted by Gasteiger charge is -2.25. The van der Waals surface area contributed by atoms with E-state index in [1.807, 2.05) is 28.9 Å². The first kappa shape index (κ1) is 12.2. The number of fused-ring (bicyclic) bond motifs is 1. The summed E-state index contributed by atoms with van der Waals surface area (Å²) in [5, 5.41) is 4.59. The van der Waals surface area contributed by atoms with Gasteiger partial charge in [-0.2, -0.15) is 5.10 Å². The summed E-state index contributed by atoms with van der Waals surface area (Å²) in [6.45, 7) is 2.10. The summed E-state index contributed by atoms with van der Waals surface area (Å²) >= 11 is 0. The van der Waals surface area contributed by atoms with Crippen LogP contribution in [0.25, 0.3) is 11.4 Å². The second-order valence-electron chi connectivity index (χ2n) is 4.97. The van der Waals surface area contributed by atoms with E-state index in [-0.39, 0.29) is 12.1 Å². The molecule has 3 rings (SSSR count). The van der Waals surface area contributed by atoms with E-state index < -0.39 is 0 Å². The summed E-state index contributed by atoms with van der Waals surface area (Å²) in [7, 11) is 1.66. The lowest BCUT2D eigenvalue weighted by molar-refractivity contribution is 0.339. The summed E-state index contributed by atoms with van der Waals surface area (Å²) in [5.74, 6) is 2.63. The molecule has 0 spiro atoms. The van der Waals surface area contributed by atoms with Crippen molar-refractivity contribution in [3.63, 3.8) is 0 Å². The number of nitrogens with two attached hydrogens (primary N) is 1. The zero-order valence-electron chi connectivity index (χ0n) is 11.2. The highest BCUT2D eigenvalue weighted by molar-refractivity contribution is 5.56. The smallest absolute Gasteiger partial charge is 0.181 e. The minimum absolute atomic E-state index is 0.165. The Morgan fingerprint density at radius 2 is 2.05 bits per heavy atom. The highest BCUT2D eigenvalue weighted by Gasteiger charge is 2.26. The molecule has 19 heavy (non-hydrogen) atoms. The normalized spacial score (nSPS) is 22.1. The molecule has 0 fully saturated rings. The molecule has 0 amide bonds. The van der Waals surface area contributed by atoms with Crippen LogP contribution in [0.2, 0.25) is 0 Å². The Labute approximate surface area is 112 Å². The highest BCUT2D eigenvalue weighted by Crippen LogP contribution is 2.26. The van der Waals surface area contributed by atoms with Gasteiger partial charge in [-0.3, -0.25) is 0 Å². The molecule has 0 bridgehead atoms. The van der Waals surface area contributed by atoms with Crippen LogP contribution in [0.5, 0.6) is 5.75 Å². The first-order valence-electron chi connectivity index (χ1n) is 6.54. The minimum atomic E-state index is 0.165. The maximum absolute atomic E-state index is 6.07. The molecule has 0 aliphatic carbocycles. The Balaban J connectivity index is 1.96. The van der Waals surface area contributed by atoms with Gasteiger partial charge in [-0.1, -0.05) is 0 Å². The van der Waals surface area contributed by atoms with E-state index in [0.717, 1.165) is 35.8 Å². The lowest BCUT2D eigenvalue weighted by atomic mass is 10.0. The van der Waals surface area contributed by atoms with Crippen molar-refractivity contribution in [1.29, 1.82) is 0 Å². The average Bonchev–Trinajstić information content (AvgIpc) is 2.88. The standard InChI is InChI=1S/C14H18N4O/c1-9-12(15)7-8-13-16-14(17-18(9)13)10-3-5-11(19-2)6-4-10/h3-6,9,12H,7-8,15H2,1-2H3. The molecule has 1 aromatic heterocycles. The molecule has 1 aliphatic heterocycles. The zero-order valence-corrected chi connectivity index (χ0v) is 11.2. The lowest BCUT2D eigenvalue weighted by Crippen LogP contribution is -2.36. The molecule has 0 radical (unpaired) electrons. The van der Waals surface area contributed by atoms with Crippen molar-refractivity contribution in [3.05, 3.63) is 30.1 Å². The number of benzene rings is 1. The molecular weight excluding hydrogens is 240 g/mol. The molecule has 1 aliphatic rings. The largest absolute Gasteiger partial charge is 0.497 e. The molecule has 100 valence electrons. The SMILES string of the molecule is COc1ccc(-c2nc3n(n2)C(C)C(N)CC3)cc1. The van der Waals surface area contributed by atoms with Crippen LogP contribution in [0, 0.1) is 0 Å². The molecule has 0 saturated heterocycles. The third-order valence-electron chi connectivity index (χ3n) is 3.76. The molecule has 2 heterocycles. The maximum atomic E-state index is 6.07. The van der Waals surface area contributed by atoms with E-state index in [1.54, 1.807) is 7.11 Å². The van der Waals surface area contributed by atoms with Crippen LogP contribution < -0.4 is 10.5 Å². The Kier molecular flexibility index (Phi) is 2.98. The number of aryl methyl sites for hydroxylation is 1. The topological polar surface area (TPSA) is 66.0 Å². The predicted molar refractivity (Wildman–Crippen MR) is 73.0 cm³/mol. The number of hydrogen-bond donors (Lipinski definition) is 1. The van der Waals surface area contributed by atoms with Crippen molar-refractivity contribution in [2.75, 3.05) is 7.11 Å².